The Morgan fingerprint density at radius 2 is 2.38 bits per heavy atom. The molecule has 0 aromatic carbocycles. The molecule has 0 bridgehead atoms. The first kappa shape index (κ1) is 11.6. The van der Waals surface area contributed by atoms with Gasteiger partial charge in [0.2, 0.25) is 0 Å². The van der Waals surface area contributed by atoms with Gasteiger partial charge in [-0.2, -0.15) is 5.10 Å². The maximum absolute atomic E-state index is 10.7. The van der Waals surface area contributed by atoms with Crippen LogP contribution in [0.25, 0.3) is 0 Å². The molecule has 1 aromatic heterocycles. The molecule has 4 nitrogen and oxygen atoms in total. The molecule has 0 amide bonds. The van der Waals surface area contributed by atoms with Crippen LogP contribution in [-0.2, 0) is 13.5 Å². The third-order valence-electron chi connectivity index (χ3n) is 3.93. The first-order valence-corrected chi connectivity index (χ1v) is 6.21. The van der Waals surface area contributed by atoms with Gasteiger partial charge in [0, 0.05) is 13.5 Å². The fourth-order valence-electron chi connectivity index (χ4n) is 2.87. The monoisotopic (exact) mass is 223 g/mol. The second-order valence-electron chi connectivity index (χ2n) is 4.93. The summed E-state index contributed by atoms with van der Waals surface area (Å²) in [7, 11) is 1.88. The molecule has 1 saturated carbocycles. The lowest BCUT2D eigenvalue weighted by molar-refractivity contribution is -0.0511. The first-order chi connectivity index (χ1) is 7.65. The van der Waals surface area contributed by atoms with Gasteiger partial charge in [0.05, 0.1) is 5.60 Å². The van der Waals surface area contributed by atoms with Gasteiger partial charge in [0.15, 0.2) is 0 Å². The van der Waals surface area contributed by atoms with Crippen molar-refractivity contribution in [3.8, 4) is 0 Å². The summed E-state index contributed by atoms with van der Waals surface area (Å²) in [6, 6.07) is 0. The lowest BCUT2D eigenvalue weighted by Gasteiger charge is -2.39. The Balaban J connectivity index is 2.14. The van der Waals surface area contributed by atoms with Crippen LogP contribution in [0.1, 0.15) is 44.9 Å². The fourth-order valence-corrected chi connectivity index (χ4v) is 2.87. The van der Waals surface area contributed by atoms with Gasteiger partial charge in [-0.3, -0.25) is 4.68 Å². The van der Waals surface area contributed by atoms with E-state index in [0.717, 1.165) is 31.5 Å². The van der Waals surface area contributed by atoms with Crippen molar-refractivity contribution in [1.29, 1.82) is 0 Å². The largest absolute Gasteiger partial charge is 0.389 e. The molecule has 1 fully saturated rings. The van der Waals surface area contributed by atoms with E-state index < -0.39 is 5.60 Å². The van der Waals surface area contributed by atoms with Crippen LogP contribution in [0.5, 0.6) is 0 Å². The molecular formula is C12H21N3O. The number of aryl methyl sites for hydroxylation is 1. The lowest BCUT2D eigenvalue weighted by Crippen LogP contribution is -2.43. The summed E-state index contributed by atoms with van der Waals surface area (Å²) in [5, 5.41) is 14.8. The summed E-state index contributed by atoms with van der Waals surface area (Å²) in [6.07, 6.45) is 7.67. The number of hydrogen-bond acceptors (Lipinski definition) is 3. The molecule has 1 aliphatic rings. The predicted molar refractivity (Wildman–Crippen MR) is 61.9 cm³/mol. The van der Waals surface area contributed by atoms with Gasteiger partial charge >= 0.3 is 0 Å². The Labute approximate surface area is 96.7 Å². The zero-order valence-corrected chi connectivity index (χ0v) is 10.2. The van der Waals surface area contributed by atoms with E-state index in [2.05, 4.69) is 17.0 Å². The highest BCUT2D eigenvalue weighted by Gasteiger charge is 2.38. The van der Waals surface area contributed by atoms with E-state index >= 15 is 0 Å². The van der Waals surface area contributed by atoms with E-state index in [9.17, 15) is 5.11 Å². The Bertz CT molecular complexity index is 350. The van der Waals surface area contributed by atoms with Crippen molar-refractivity contribution < 1.29 is 5.11 Å². The smallest absolute Gasteiger partial charge is 0.138 e. The van der Waals surface area contributed by atoms with Crippen LogP contribution in [0.2, 0.25) is 0 Å². The van der Waals surface area contributed by atoms with Gasteiger partial charge in [0.1, 0.15) is 12.2 Å². The third-order valence-corrected chi connectivity index (χ3v) is 3.93. The number of hydrogen-bond donors (Lipinski definition) is 1. The summed E-state index contributed by atoms with van der Waals surface area (Å²) >= 11 is 0. The number of nitrogens with zero attached hydrogens (tertiary/aromatic N) is 3. The van der Waals surface area contributed by atoms with Crippen LogP contribution in [0.4, 0.5) is 0 Å². The van der Waals surface area contributed by atoms with Crippen LogP contribution in [0.3, 0.4) is 0 Å². The van der Waals surface area contributed by atoms with Crippen molar-refractivity contribution in [2.75, 3.05) is 0 Å². The molecule has 0 radical (unpaired) electrons. The van der Waals surface area contributed by atoms with Crippen LogP contribution < -0.4 is 0 Å². The van der Waals surface area contributed by atoms with E-state index in [0.29, 0.717) is 12.3 Å². The molecule has 0 spiro atoms. The normalized spacial score (nSPS) is 30.6. The molecule has 1 aromatic rings. The van der Waals surface area contributed by atoms with E-state index in [1.165, 1.54) is 6.42 Å². The van der Waals surface area contributed by atoms with Crippen LogP contribution in [0.15, 0.2) is 6.33 Å². The predicted octanol–water partition coefficient (Wildman–Crippen LogP) is 1.69. The van der Waals surface area contributed by atoms with Crippen molar-refractivity contribution in [3.05, 3.63) is 12.2 Å². The third kappa shape index (κ3) is 2.12. The minimum Gasteiger partial charge on any atom is -0.389 e. The van der Waals surface area contributed by atoms with Gasteiger partial charge in [0.25, 0.3) is 0 Å². The summed E-state index contributed by atoms with van der Waals surface area (Å²) < 4.78 is 1.76. The van der Waals surface area contributed by atoms with E-state index in [1.807, 2.05) is 7.05 Å². The highest BCUT2D eigenvalue weighted by molar-refractivity contribution is 4.99. The summed E-state index contributed by atoms with van der Waals surface area (Å²) in [5.41, 5.74) is -0.562. The average molecular weight is 223 g/mol. The van der Waals surface area contributed by atoms with Crippen molar-refractivity contribution in [2.24, 2.45) is 13.0 Å². The molecule has 0 aliphatic heterocycles. The standard InChI is InChI=1S/C12H21N3O/c1-3-10-6-4-5-7-12(10,16)8-11-13-9-14-15(11)2/h9-10,16H,3-8H2,1-2H3. The molecule has 4 heteroatoms. The van der Waals surface area contributed by atoms with Gasteiger partial charge in [-0.15, -0.1) is 0 Å². The summed E-state index contributed by atoms with van der Waals surface area (Å²) in [5.74, 6) is 1.31. The molecule has 2 unspecified atom stereocenters. The van der Waals surface area contributed by atoms with Crippen molar-refractivity contribution >= 4 is 0 Å². The van der Waals surface area contributed by atoms with Crippen molar-refractivity contribution in [1.82, 2.24) is 14.8 Å². The van der Waals surface area contributed by atoms with Crippen molar-refractivity contribution in [3.63, 3.8) is 0 Å². The zero-order valence-electron chi connectivity index (χ0n) is 10.2. The lowest BCUT2D eigenvalue weighted by atomic mass is 9.72. The molecule has 90 valence electrons. The summed E-state index contributed by atoms with van der Waals surface area (Å²) in [6.45, 7) is 2.16. The minimum atomic E-state index is -0.562. The number of aromatic nitrogens is 3. The van der Waals surface area contributed by atoms with Crippen LogP contribution >= 0.6 is 0 Å². The Hall–Kier alpha value is -0.900. The highest BCUT2D eigenvalue weighted by Crippen LogP contribution is 2.37. The zero-order chi connectivity index (χ0) is 11.6. The molecule has 16 heavy (non-hydrogen) atoms. The van der Waals surface area contributed by atoms with Gasteiger partial charge in [-0.1, -0.05) is 26.2 Å². The van der Waals surface area contributed by atoms with E-state index in [1.54, 1.807) is 11.0 Å². The molecule has 2 atom stereocenters. The molecule has 1 heterocycles. The highest BCUT2D eigenvalue weighted by atomic mass is 16.3. The Kier molecular flexibility index (Phi) is 3.28. The molecule has 2 rings (SSSR count). The first-order valence-electron chi connectivity index (χ1n) is 6.21. The Morgan fingerprint density at radius 3 is 3.00 bits per heavy atom. The summed E-state index contributed by atoms with van der Waals surface area (Å²) in [4.78, 5) is 4.22. The van der Waals surface area contributed by atoms with E-state index in [4.69, 9.17) is 0 Å². The molecular weight excluding hydrogens is 202 g/mol. The number of aliphatic hydroxyl groups is 1. The Morgan fingerprint density at radius 1 is 1.56 bits per heavy atom. The molecule has 1 N–H and O–H groups in total. The van der Waals surface area contributed by atoms with E-state index in [-0.39, 0.29) is 0 Å². The van der Waals surface area contributed by atoms with Gasteiger partial charge in [-0.05, 0) is 18.8 Å². The second-order valence-corrected chi connectivity index (χ2v) is 4.93. The van der Waals surface area contributed by atoms with Crippen molar-refractivity contribution in [2.45, 2.75) is 51.0 Å². The number of rotatable bonds is 3. The fraction of sp³-hybridized carbons (Fsp3) is 0.833. The topological polar surface area (TPSA) is 50.9 Å². The SMILES string of the molecule is CCC1CCCCC1(O)Cc1ncnn1C. The minimum absolute atomic E-state index is 0.415. The molecule has 0 saturated heterocycles. The van der Waals surface area contributed by atoms with Gasteiger partial charge < -0.3 is 5.11 Å². The quantitative estimate of drug-likeness (QED) is 0.848. The maximum atomic E-state index is 10.7. The average Bonchev–Trinajstić information content (AvgIpc) is 2.64. The van der Waals surface area contributed by atoms with Crippen LogP contribution in [-0.4, -0.2) is 25.5 Å². The van der Waals surface area contributed by atoms with Crippen LogP contribution in [0, 0.1) is 5.92 Å². The maximum Gasteiger partial charge on any atom is 0.138 e. The van der Waals surface area contributed by atoms with Gasteiger partial charge in [-0.25, -0.2) is 4.98 Å². The molecule has 1 aliphatic carbocycles. The second kappa shape index (κ2) is 4.53.